The Bertz CT molecular complexity index is 498. The molecule has 0 spiro atoms. The predicted octanol–water partition coefficient (Wildman–Crippen LogP) is 2.93. The molecule has 0 aromatic heterocycles. The van der Waals surface area contributed by atoms with Gasteiger partial charge < -0.3 is 0 Å². The van der Waals surface area contributed by atoms with Gasteiger partial charge in [-0.2, -0.15) is 5.10 Å². The van der Waals surface area contributed by atoms with E-state index in [1.807, 2.05) is 6.21 Å². The highest BCUT2D eigenvalue weighted by Gasteiger charge is 2.07. The maximum atomic E-state index is 4.25. The van der Waals surface area contributed by atoms with Gasteiger partial charge in [-0.1, -0.05) is 24.8 Å². The van der Waals surface area contributed by atoms with Crippen LogP contribution in [0, 0.1) is 13.8 Å². The van der Waals surface area contributed by atoms with Gasteiger partial charge in [0, 0.05) is 12.1 Å². The molecule has 3 nitrogen and oxygen atoms in total. The molecule has 2 rings (SSSR count). The summed E-state index contributed by atoms with van der Waals surface area (Å²) in [4.78, 5) is 4.25. The van der Waals surface area contributed by atoms with Crippen molar-refractivity contribution in [3.8, 4) is 0 Å². The molecule has 0 radical (unpaired) electrons. The van der Waals surface area contributed by atoms with Gasteiger partial charge in [-0.15, -0.1) is 0 Å². The van der Waals surface area contributed by atoms with E-state index in [1.54, 1.807) is 0 Å². The second kappa shape index (κ2) is 4.95. The van der Waals surface area contributed by atoms with E-state index in [1.165, 1.54) is 11.1 Å². The molecule has 0 saturated carbocycles. The molecule has 88 valence electrons. The van der Waals surface area contributed by atoms with Crippen molar-refractivity contribution in [1.82, 2.24) is 5.43 Å². The number of benzene rings is 1. The van der Waals surface area contributed by atoms with Gasteiger partial charge >= 0.3 is 0 Å². The van der Waals surface area contributed by atoms with Gasteiger partial charge in [0.05, 0.1) is 6.21 Å². The molecule has 0 bridgehead atoms. The summed E-state index contributed by atoms with van der Waals surface area (Å²) in [5, 5.41) is 4.18. The number of hydrogen-bond acceptors (Lipinski definition) is 3. The lowest BCUT2D eigenvalue weighted by atomic mass is 10.1. The first-order chi connectivity index (χ1) is 8.15. The lowest BCUT2D eigenvalue weighted by Crippen LogP contribution is -2.14. The molecule has 0 unspecified atom stereocenters. The van der Waals surface area contributed by atoms with Crippen LogP contribution in [0.3, 0.4) is 0 Å². The predicted molar refractivity (Wildman–Crippen MR) is 72.5 cm³/mol. The minimum Gasteiger partial charge on any atom is -0.265 e. The molecule has 1 aliphatic heterocycles. The summed E-state index contributed by atoms with van der Waals surface area (Å²) < 4.78 is 0. The van der Waals surface area contributed by atoms with Gasteiger partial charge in [-0.05, 0) is 37.0 Å². The van der Waals surface area contributed by atoms with Crippen LogP contribution in [0.4, 0.5) is 0 Å². The normalized spacial score (nSPS) is 15.4. The second-order valence-electron chi connectivity index (χ2n) is 4.34. The van der Waals surface area contributed by atoms with Crippen LogP contribution in [0.25, 0.3) is 0 Å². The number of hydrogen-bond donors (Lipinski definition) is 1. The van der Waals surface area contributed by atoms with Crippen molar-refractivity contribution in [3.05, 3.63) is 47.2 Å². The number of amidine groups is 1. The third-order valence-corrected chi connectivity index (χ3v) is 2.88. The number of hydrazone groups is 1. The standard InChI is InChI=1S/C14H17N3/c1-10-4-6-13(8-11(10)2)9-15-17-14-7-5-12(3)16-14/h4,6,8-9H,3,5,7H2,1-2H3,(H,16,17)/b15-9+. The Morgan fingerprint density at radius 2 is 2.12 bits per heavy atom. The summed E-state index contributed by atoms with van der Waals surface area (Å²) >= 11 is 0. The number of nitrogens with one attached hydrogen (secondary N) is 1. The minimum atomic E-state index is 0.898. The van der Waals surface area contributed by atoms with Gasteiger partial charge in [0.1, 0.15) is 5.84 Å². The average molecular weight is 227 g/mol. The molecule has 1 aromatic carbocycles. The number of nitrogens with zero attached hydrogens (tertiary/aromatic N) is 2. The smallest absolute Gasteiger partial charge is 0.122 e. The van der Waals surface area contributed by atoms with Gasteiger partial charge in [-0.25, -0.2) is 4.99 Å². The first-order valence-electron chi connectivity index (χ1n) is 5.77. The van der Waals surface area contributed by atoms with E-state index in [2.05, 4.69) is 54.1 Å². The molecular formula is C14H17N3. The molecule has 0 amide bonds. The zero-order valence-corrected chi connectivity index (χ0v) is 10.3. The monoisotopic (exact) mass is 227 g/mol. The fourth-order valence-corrected chi connectivity index (χ4v) is 1.67. The Morgan fingerprint density at radius 3 is 2.76 bits per heavy atom. The van der Waals surface area contributed by atoms with Crippen LogP contribution in [-0.4, -0.2) is 12.1 Å². The zero-order chi connectivity index (χ0) is 12.3. The van der Waals surface area contributed by atoms with Crippen molar-refractivity contribution in [2.24, 2.45) is 10.1 Å². The molecule has 17 heavy (non-hydrogen) atoms. The van der Waals surface area contributed by atoms with Crippen molar-refractivity contribution in [2.75, 3.05) is 0 Å². The summed E-state index contributed by atoms with van der Waals surface area (Å²) in [5.74, 6) is 0.898. The molecule has 1 aliphatic rings. The summed E-state index contributed by atoms with van der Waals surface area (Å²) in [6.45, 7) is 8.02. The number of allylic oxidation sites excluding steroid dienone is 1. The second-order valence-corrected chi connectivity index (χ2v) is 4.34. The van der Waals surface area contributed by atoms with E-state index in [-0.39, 0.29) is 0 Å². The Morgan fingerprint density at radius 1 is 1.29 bits per heavy atom. The lowest BCUT2D eigenvalue weighted by molar-refractivity contribution is 0.983. The third-order valence-electron chi connectivity index (χ3n) is 2.88. The fourth-order valence-electron chi connectivity index (χ4n) is 1.67. The van der Waals surface area contributed by atoms with Gasteiger partial charge in [0.2, 0.25) is 0 Å². The van der Waals surface area contributed by atoms with E-state index in [9.17, 15) is 0 Å². The average Bonchev–Trinajstić information content (AvgIpc) is 2.70. The summed E-state index contributed by atoms with van der Waals surface area (Å²) in [6.07, 6.45) is 3.65. The topological polar surface area (TPSA) is 36.8 Å². The van der Waals surface area contributed by atoms with Crippen molar-refractivity contribution < 1.29 is 0 Å². The fraction of sp³-hybridized carbons (Fsp3) is 0.286. The molecule has 1 heterocycles. The molecule has 0 saturated heterocycles. The van der Waals surface area contributed by atoms with Gasteiger partial charge in [0.25, 0.3) is 0 Å². The number of rotatable bonds is 2. The van der Waals surface area contributed by atoms with Gasteiger partial charge in [-0.3, -0.25) is 5.43 Å². The Hall–Kier alpha value is -1.90. The number of aryl methyl sites for hydroxylation is 2. The third kappa shape index (κ3) is 3.03. The van der Waals surface area contributed by atoms with E-state index in [4.69, 9.17) is 0 Å². The molecule has 1 N–H and O–H groups in total. The quantitative estimate of drug-likeness (QED) is 0.612. The minimum absolute atomic E-state index is 0.898. The van der Waals surface area contributed by atoms with Crippen LogP contribution in [0.5, 0.6) is 0 Å². The van der Waals surface area contributed by atoms with Crippen molar-refractivity contribution in [3.63, 3.8) is 0 Å². The van der Waals surface area contributed by atoms with E-state index >= 15 is 0 Å². The number of aliphatic imine (C=N–C) groups is 1. The molecule has 3 heteroatoms. The van der Waals surface area contributed by atoms with Crippen molar-refractivity contribution in [2.45, 2.75) is 26.7 Å². The van der Waals surface area contributed by atoms with Crippen LogP contribution in [0.1, 0.15) is 29.5 Å². The van der Waals surface area contributed by atoms with E-state index in [0.29, 0.717) is 0 Å². The van der Waals surface area contributed by atoms with Crippen molar-refractivity contribution >= 4 is 12.1 Å². The summed E-state index contributed by atoms with van der Waals surface area (Å²) in [5.41, 5.74) is 7.55. The highest BCUT2D eigenvalue weighted by molar-refractivity contribution is 5.87. The Kier molecular flexibility index (Phi) is 3.38. The Balaban J connectivity index is 1.98. The largest absolute Gasteiger partial charge is 0.265 e. The Labute approximate surface area is 102 Å². The maximum absolute atomic E-state index is 4.25. The lowest BCUT2D eigenvalue weighted by Gasteiger charge is -2.01. The first kappa shape index (κ1) is 11.6. The molecule has 0 atom stereocenters. The maximum Gasteiger partial charge on any atom is 0.122 e. The molecule has 1 aromatic rings. The molecule has 0 fully saturated rings. The highest BCUT2D eigenvalue weighted by Crippen LogP contribution is 2.13. The SMILES string of the molecule is C=C1CCC(N/N=C/c2ccc(C)c(C)c2)=N1. The molecule has 0 aliphatic carbocycles. The van der Waals surface area contributed by atoms with Crippen LogP contribution in [-0.2, 0) is 0 Å². The summed E-state index contributed by atoms with van der Waals surface area (Å²) in [6, 6.07) is 6.28. The van der Waals surface area contributed by atoms with E-state index < -0.39 is 0 Å². The summed E-state index contributed by atoms with van der Waals surface area (Å²) in [7, 11) is 0. The zero-order valence-electron chi connectivity index (χ0n) is 10.3. The van der Waals surface area contributed by atoms with Crippen molar-refractivity contribution in [1.29, 1.82) is 0 Å². The van der Waals surface area contributed by atoms with E-state index in [0.717, 1.165) is 29.9 Å². The molecular weight excluding hydrogens is 210 g/mol. The highest BCUT2D eigenvalue weighted by atomic mass is 15.3. The van der Waals surface area contributed by atoms with Crippen LogP contribution in [0.15, 0.2) is 40.6 Å². The van der Waals surface area contributed by atoms with Gasteiger partial charge in [0.15, 0.2) is 0 Å². The van der Waals surface area contributed by atoms with Crippen LogP contribution in [0.2, 0.25) is 0 Å². The van der Waals surface area contributed by atoms with Crippen LogP contribution >= 0.6 is 0 Å². The van der Waals surface area contributed by atoms with Crippen LogP contribution < -0.4 is 5.43 Å². The first-order valence-corrected chi connectivity index (χ1v) is 5.77.